The van der Waals surface area contributed by atoms with Crippen LogP contribution in [0.25, 0.3) is 0 Å². The van der Waals surface area contributed by atoms with Crippen molar-refractivity contribution in [2.75, 3.05) is 7.11 Å². The minimum atomic E-state index is -1.88. The van der Waals surface area contributed by atoms with E-state index in [1.807, 2.05) is 50.3 Å². The second-order valence-electron chi connectivity index (χ2n) is 14.4. The number of hydrogen-bond acceptors (Lipinski definition) is 9. The average molecular weight is 675 g/mol. The molecule has 2 saturated carbocycles. The lowest BCUT2D eigenvalue weighted by molar-refractivity contribution is -0.213. The molecule has 0 radical (unpaired) electrons. The Balaban J connectivity index is 1.48. The SMILES string of the molecule is C=C1[C@@H](C)C2[C@H](Cc3ccccc3)NC(=O)[C@]23OC(=O)/C=C\C2=C(C(=O)CCC[C@@H](C)C/C=C/C3[C@@H]1O)[C@@H](OC)[C@H]1[C@H](O)[C@@H](O)C21C(N)=O. The molecule has 11 nitrogen and oxygen atoms in total. The van der Waals surface area contributed by atoms with E-state index in [0.717, 1.165) is 11.6 Å². The van der Waals surface area contributed by atoms with Gasteiger partial charge in [0, 0.05) is 43.1 Å². The molecule has 262 valence electrons. The Bertz CT molecular complexity index is 1630. The van der Waals surface area contributed by atoms with Crippen LogP contribution in [0.5, 0.6) is 0 Å². The minimum absolute atomic E-state index is 0.00880. The molecule has 2 aliphatic heterocycles. The quantitative estimate of drug-likeness (QED) is 0.235. The number of carbonyl (C=O) groups excluding carboxylic acids is 4. The number of aliphatic hydroxyl groups is 3. The fourth-order valence-electron chi connectivity index (χ4n) is 9.40. The van der Waals surface area contributed by atoms with Gasteiger partial charge in [0.25, 0.3) is 5.91 Å². The van der Waals surface area contributed by atoms with Crippen LogP contribution >= 0.6 is 0 Å². The van der Waals surface area contributed by atoms with E-state index in [0.29, 0.717) is 31.3 Å². The van der Waals surface area contributed by atoms with Gasteiger partial charge in [0.2, 0.25) is 11.5 Å². The van der Waals surface area contributed by atoms with E-state index in [2.05, 4.69) is 11.9 Å². The number of primary amides is 1. The molecule has 3 fully saturated rings. The van der Waals surface area contributed by atoms with Crippen molar-refractivity contribution in [3.63, 3.8) is 0 Å². The Kier molecular flexibility index (Phi) is 9.34. The van der Waals surface area contributed by atoms with E-state index in [9.17, 15) is 34.5 Å². The molecular weight excluding hydrogens is 628 g/mol. The number of allylic oxidation sites excluding steroid dienone is 2. The number of aliphatic hydroxyl groups excluding tert-OH is 3. The van der Waals surface area contributed by atoms with Gasteiger partial charge in [0.05, 0.1) is 30.3 Å². The molecule has 2 amide bonds. The maximum atomic E-state index is 14.3. The van der Waals surface area contributed by atoms with Gasteiger partial charge in [0.15, 0.2) is 5.78 Å². The Morgan fingerprint density at radius 3 is 2.49 bits per heavy atom. The van der Waals surface area contributed by atoms with Crippen molar-refractivity contribution < 1.29 is 44.0 Å². The second-order valence-corrected chi connectivity index (χ2v) is 14.4. The number of esters is 1. The summed E-state index contributed by atoms with van der Waals surface area (Å²) >= 11 is 0. The van der Waals surface area contributed by atoms with E-state index in [-0.39, 0.29) is 29.3 Å². The summed E-state index contributed by atoms with van der Waals surface area (Å²) in [7, 11) is 1.34. The number of rotatable bonds is 4. The number of amides is 2. The maximum absolute atomic E-state index is 14.3. The first kappa shape index (κ1) is 34.9. The molecule has 3 unspecified atom stereocenters. The maximum Gasteiger partial charge on any atom is 0.331 e. The number of nitrogens with two attached hydrogens (primary N) is 1. The number of nitrogens with one attached hydrogen (secondary N) is 1. The lowest BCUT2D eigenvalue weighted by Crippen LogP contribution is -2.70. The minimum Gasteiger partial charge on any atom is -0.445 e. The molecule has 1 spiro atoms. The van der Waals surface area contributed by atoms with Gasteiger partial charge in [-0.15, -0.1) is 0 Å². The highest BCUT2D eigenvalue weighted by Crippen LogP contribution is 2.61. The Morgan fingerprint density at radius 1 is 1.10 bits per heavy atom. The van der Waals surface area contributed by atoms with Crippen molar-refractivity contribution in [2.45, 2.75) is 82.0 Å². The van der Waals surface area contributed by atoms with Gasteiger partial charge in [-0.3, -0.25) is 14.4 Å². The van der Waals surface area contributed by atoms with Gasteiger partial charge < -0.3 is 35.8 Å². The average Bonchev–Trinajstić information content (AvgIpc) is 3.50. The molecule has 1 aromatic rings. The summed E-state index contributed by atoms with van der Waals surface area (Å²) in [6, 6.07) is 9.17. The molecule has 0 bridgehead atoms. The van der Waals surface area contributed by atoms with Gasteiger partial charge in [-0.2, -0.15) is 0 Å². The molecule has 3 aliphatic carbocycles. The second kappa shape index (κ2) is 13.1. The summed E-state index contributed by atoms with van der Waals surface area (Å²) in [6.45, 7) is 8.11. The van der Waals surface area contributed by atoms with E-state index >= 15 is 0 Å². The van der Waals surface area contributed by atoms with Crippen LogP contribution in [0.3, 0.4) is 0 Å². The zero-order chi connectivity index (χ0) is 35.4. The normalized spacial score (nSPS) is 42.2. The monoisotopic (exact) mass is 674 g/mol. The van der Waals surface area contributed by atoms with E-state index < -0.39 is 82.9 Å². The van der Waals surface area contributed by atoms with Crippen molar-refractivity contribution in [3.05, 3.63) is 83.5 Å². The fourth-order valence-corrected chi connectivity index (χ4v) is 9.40. The summed E-state index contributed by atoms with van der Waals surface area (Å²) in [6.07, 6.45) is 2.89. The smallest absolute Gasteiger partial charge is 0.331 e. The van der Waals surface area contributed by atoms with Crippen molar-refractivity contribution in [1.29, 1.82) is 0 Å². The van der Waals surface area contributed by atoms with Gasteiger partial charge >= 0.3 is 5.97 Å². The third-order valence-electron chi connectivity index (χ3n) is 11.9. The number of Topliss-reactive ketones (excluding diaryl/α,β-unsaturated/α-hetero) is 1. The molecule has 11 heteroatoms. The van der Waals surface area contributed by atoms with E-state index in [1.165, 1.54) is 13.2 Å². The summed E-state index contributed by atoms with van der Waals surface area (Å²) in [4.78, 5) is 55.2. The zero-order valence-electron chi connectivity index (χ0n) is 28.1. The molecule has 0 aromatic heterocycles. The van der Waals surface area contributed by atoms with Crippen molar-refractivity contribution in [3.8, 4) is 0 Å². The van der Waals surface area contributed by atoms with Crippen LogP contribution in [0.1, 0.15) is 45.1 Å². The molecule has 6 rings (SSSR count). The molecule has 5 aliphatic rings. The summed E-state index contributed by atoms with van der Waals surface area (Å²) < 4.78 is 11.9. The highest BCUT2D eigenvalue weighted by Gasteiger charge is 2.74. The summed E-state index contributed by atoms with van der Waals surface area (Å²) in [5.41, 5.74) is 3.75. The number of hydrogen-bond donors (Lipinski definition) is 5. The molecule has 12 atom stereocenters. The molecule has 49 heavy (non-hydrogen) atoms. The molecule has 6 N–H and O–H groups in total. The summed E-state index contributed by atoms with van der Waals surface area (Å²) in [5, 5.41) is 36.5. The van der Waals surface area contributed by atoms with Gasteiger partial charge in [0.1, 0.15) is 5.41 Å². The van der Waals surface area contributed by atoms with Crippen LogP contribution < -0.4 is 11.1 Å². The van der Waals surface area contributed by atoms with Gasteiger partial charge in [-0.05, 0) is 54.2 Å². The van der Waals surface area contributed by atoms with E-state index in [1.54, 1.807) is 6.08 Å². The summed E-state index contributed by atoms with van der Waals surface area (Å²) in [5.74, 6) is -5.73. The topological polar surface area (TPSA) is 185 Å². The zero-order valence-corrected chi connectivity index (χ0v) is 28.1. The van der Waals surface area contributed by atoms with Crippen LogP contribution in [-0.2, 0) is 35.1 Å². The molecule has 1 saturated heterocycles. The van der Waals surface area contributed by atoms with Gasteiger partial charge in [-0.25, -0.2) is 4.79 Å². The van der Waals surface area contributed by atoms with Crippen LogP contribution in [0.4, 0.5) is 0 Å². The van der Waals surface area contributed by atoms with Crippen LogP contribution in [0.2, 0.25) is 0 Å². The molecule has 2 heterocycles. The largest absolute Gasteiger partial charge is 0.445 e. The first-order valence-corrected chi connectivity index (χ1v) is 17.1. The van der Waals surface area contributed by atoms with Crippen molar-refractivity contribution in [2.24, 2.45) is 40.7 Å². The first-order valence-electron chi connectivity index (χ1n) is 17.1. The van der Waals surface area contributed by atoms with Crippen LogP contribution in [0.15, 0.2) is 77.9 Å². The first-order chi connectivity index (χ1) is 23.3. The van der Waals surface area contributed by atoms with Crippen LogP contribution in [-0.4, -0.2) is 82.1 Å². The van der Waals surface area contributed by atoms with Crippen molar-refractivity contribution in [1.82, 2.24) is 5.32 Å². The lowest BCUT2D eigenvalue weighted by Gasteiger charge is -2.53. The van der Waals surface area contributed by atoms with Crippen molar-refractivity contribution >= 4 is 23.6 Å². The number of benzene rings is 1. The fraction of sp³-hybridized carbons (Fsp3) is 0.526. The number of fused-ring (bicyclic) bond motifs is 2. The van der Waals surface area contributed by atoms with E-state index in [4.69, 9.17) is 15.2 Å². The number of methoxy groups -OCH3 is 1. The number of ketones is 1. The van der Waals surface area contributed by atoms with Gasteiger partial charge in [-0.1, -0.05) is 69.0 Å². The third-order valence-corrected chi connectivity index (χ3v) is 11.9. The lowest BCUT2D eigenvalue weighted by atomic mass is 9.54. The highest BCUT2D eigenvalue weighted by atomic mass is 16.6. The highest BCUT2D eigenvalue weighted by molar-refractivity contribution is 6.03. The predicted molar refractivity (Wildman–Crippen MR) is 178 cm³/mol. The molecule has 1 aromatic carbocycles. The third kappa shape index (κ3) is 5.24. The standard InChI is InChI=1S/C38H46N2O9/c1-19-10-8-14-24-31(43)21(3)20(2)29-25(18-22-12-6-5-7-13-22)40-36(47)38(24,29)49-27(42)17-16-23-28(26(41)15-9-11-19)33(48-4)30-32(44)34(45)37(23,30)35(39)46/h5-8,12-14,16-17,19-20,24-25,29-34,43-45H,3,9-11,15,18H2,1-2,4H3,(H2,39,46)(H,40,47)/b14-8+,17-16-/t19-,20+,24?,25-,29?,30+,31+,32-,33+,34+,37?,38+/m0/s1. The number of ether oxygens (including phenoxy) is 2. The molecular formula is C38H46N2O9. The van der Waals surface area contributed by atoms with Crippen LogP contribution in [0, 0.1) is 35.0 Å². The number of carbonyl (C=O) groups is 4. The Labute approximate surface area is 285 Å². The Morgan fingerprint density at radius 2 is 1.82 bits per heavy atom. The Hall–Kier alpha value is -3.90. The predicted octanol–water partition coefficient (Wildman–Crippen LogP) is 1.85.